The van der Waals surface area contributed by atoms with Crippen LogP contribution in [0.25, 0.3) is 16.3 Å². The summed E-state index contributed by atoms with van der Waals surface area (Å²) < 4.78 is 26.1. The molecule has 6 rings (SSSR count). The lowest BCUT2D eigenvalue weighted by Crippen LogP contribution is -2.33. The first kappa shape index (κ1) is 25.2. The molecule has 1 unspecified atom stereocenters. The molecule has 4 nitrogen and oxygen atoms in total. The monoisotopic (exact) mass is 521 g/mol. The number of allylic oxidation sites excluding steroid dienone is 1. The molecule has 1 N–H and O–H groups in total. The first-order valence-electron chi connectivity index (χ1n) is 13.5. The van der Waals surface area contributed by atoms with Gasteiger partial charge in [0.05, 0.1) is 12.6 Å². The summed E-state index contributed by atoms with van der Waals surface area (Å²) in [7, 11) is 0. The molecule has 0 saturated heterocycles. The Labute approximate surface area is 228 Å². The van der Waals surface area contributed by atoms with Gasteiger partial charge in [0.2, 0.25) is 0 Å². The molecule has 5 heteroatoms. The van der Waals surface area contributed by atoms with Crippen LogP contribution in [0.1, 0.15) is 56.3 Å². The number of benzene rings is 4. The molecule has 2 aliphatic rings. The molecule has 0 saturated carbocycles. The average molecular weight is 522 g/mol. The minimum Gasteiger partial charge on any atom is -0.490 e. The van der Waals surface area contributed by atoms with Gasteiger partial charge in [-0.3, -0.25) is 4.79 Å². The zero-order valence-electron chi connectivity index (χ0n) is 22.5. The standard InChI is InChI=1S/C34H32FNO3/c1-4-38-30-17-22(14-16-29(30)39-20-23-10-6-8-12-26(23)35)33-32-25(18-34(2,3)19-28(32)37)31-24-11-7-5-9-21(24)13-15-27(31)36-33/h5-17,33,36H,4,18-20H2,1-3H3. The number of hydrogen-bond donors (Lipinski definition) is 1. The quantitative estimate of drug-likeness (QED) is 0.277. The fraction of sp³-hybridized carbons (Fsp3) is 0.265. The summed E-state index contributed by atoms with van der Waals surface area (Å²) in [5, 5.41) is 6.01. The maximum atomic E-state index is 14.2. The van der Waals surface area contributed by atoms with Gasteiger partial charge in [-0.1, -0.05) is 68.4 Å². The normalized spacial score (nSPS) is 17.8. The van der Waals surface area contributed by atoms with E-state index in [2.05, 4.69) is 49.5 Å². The first-order chi connectivity index (χ1) is 18.8. The number of Topliss-reactive ketones (excluding diaryl/α,β-unsaturated/α-hetero) is 1. The van der Waals surface area contributed by atoms with Crippen LogP contribution >= 0.6 is 0 Å². The zero-order chi connectivity index (χ0) is 27.1. The second-order valence-electron chi connectivity index (χ2n) is 11.1. The molecular formula is C34H32FNO3. The van der Waals surface area contributed by atoms with Crippen molar-refractivity contribution in [3.63, 3.8) is 0 Å². The average Bonchev–Trinajstić information content (AvgIpc) is 2.92. The number of halogens is 1. The number of fused-ring (bicyclic) bond motifs is 4. The lowest BCUT2D eigenvalue weighted by molar-refractivity contribution is -0.118. The fourth-order valence-electron chi connectivity index (χ4n) is 5.95. The topological polar surface area (TPSA) is 47.6 Å². The molecule has 198 valence electrons. The number of ketones is 1. The largest absolute Gasteiger partial charge is 0.490 e. The third-order valence-corrected chi connectivity index (χ3v) is 7.68. The van der Waals surface area contributed by atoms with Crippen molar-refractivity contribution in [1.82, 2.24) is 0 Å². The van der Waals surface area contributed by atoms with Gasteiger partial charge in [0.25, 0.3) is 0 Å². The van der Waals surface area contributed by atoms with E-state index < -0.39 is 0 Å². The molecule has 1 heterocycles. The van der Waals surface area contributed by atoms with E-state index in [1.54, 1.807) is 18.2 Å². The van der Waals surface area contributed by atoms with Crippen LogP contribution < -0.4 is 14.8 Å². The second kappa shape index (κ2) is 9.88. The van der Waals surface area contributed by atoms with Gasteiger partial charge in [0.1, 0.15) is 12.4 Å². The predicted molar refractivity (Wildman–Crippen MR) is 154 cm³/mol. The number of rotatable bonds is 6. The molecule has 0 bridgehead atoms. The molecule has 0 aromatic heterocycles. The Morgan fingerprint density at radius 2 is 1.72 bits per heavy atom. The molecule has 39 heavy (non-hydrogen) atoms. The molecule has 0 spiro atoms. The molecule has 1 aliphatic heterocycles. The molecule has 1 atom stereocenters. The SMILES string of the molecule is CCOc1cc(C2Nc3ccc4ccccc4c3C3=C2C(=O)CC(C)(C)C3)ccc1OCc1ccccc1F. The van der Waals surface area contributed by atoms with Crippen molar-refractivity contribution < 1.29 is 18.7 Å². The van der Waals surface area contributed by atoms with Gasteiger partial charge in [0, 0.05) is 28.8 Å². The van der Waals surface area contributed by atoms with Crippen LogP contribution in [0.2, 0.25) is 0 Å². The Balaban J connectivity index is 1.43. The van der Waals surface area contributed by atoms with Gasteiger partial charge >= 0.3 is 0 Å². The lowest BCUT2D eigenvalue weighted by Gasteiger charge is -2.40. The smallest absolute Gasteiger partial charge is 0.162 e. The summed E-state index contributed by atoms with van der Waals surface area (Å²) in [5.41, 5.74) is 5.41. The van der Waals surface area contributed by atoms with E-state index in [9.17, 15) is 9.18 Å². The van der Waals surface area contributed by atoms with Crippen molar-refractivity contribution in [2.75, 3.05) is 11.9 Å². The van der Waals surface area contributed by atoms with Crippen LogP contribution in [0.4, 0.5) is 10.1 Å². The van der Waals surface area contributed by atoms with Gasteiger partial charge < -0.3 is 14.8 Å². The number of ether oxygens (including phenoxy) is 2. The minimum absolute atomic E-state index is 0.0943. The third kappa shape index (κ3) is 4.67. The summed E-state index contributed by atoms with van der Waals surface area (Å²) in [4.78, 5) is 13.8. The molecule has 1 aliphatic carbocycles. The van der Waals surface area contributed by atoms with Crippen LogP contribution in [-0.2, 0) is 11.4 Å². The summed E-state index contributed by atoms with van der Waals surface area (Å²) in [5.74, 6) is 0.984. The second-order valence-corrected chi connectivity index (χ2v) is 11.1. The first-order valence-corrected chi connectivity index (χ1v) is 13.5. The van der Waals surface area contributed by atoms with Crippen molar-refractivity contribution in [3.05, 3.63) is 107 Å². The Bertz CT molecular complexity index is 1620. The molecule has 0 fully saturated rings. The van der Waals surface area contributed by atoms with Gasteiger partial charge in [-0.25, -0.2) is 4.39 Å². The van der Waals surface area contributed by atoms with E-state index in [1.165, 1.54) is 6.07 Å². The van der Waals surface area contributed by atoms with Crippen LogP contribution in [0.15, 0.2) is 84.4 Å². The predicted octanol–water partition coefficient (Wildman–Crippen LogP) is 8.27. The van der Waals surface area contributed by atoms with Gasteiger partial charge in [-0.2, -0.15) is 0 Å². The Kier molecular flexibility index (Phi) is 6.38. The van der Waals surface area contributed by atoms with Crippen molar-refractivity contribution in [3.8, 4) is 11.5 Å². The summed E-state index contributed by atoms with van der Waals surface area (Å²) in [6.45, 7) is 6.81. The number of hydrogen-bond acceptors (Lipinski definition) is 4. The highest BCUT2D eigenvalue weighted by molar-refractivity contribution is 6.12. The van der Waals surface area contributed by atoms with Crippen molar-refractivity contribution >= 4 is 27.8 Å². The van der Waals surface area contributed by atoms with Crippen molar-refractivity contribution in [1.29, 1.82) is 0 Å². The number of carbonyl (C=O) groups excluding carboxylic acids is 1. The fourth-order valence-corrected chi connectivity index (χ4v) is 5.95. The van der Waals surface area contributed by atoms with E-state index in [0.717, 1.165) is 45.2 Å². The van der Waals surface area contributed by atoms with Crippen LogP contribution in [0, 0.1) is 11.2 Å². The number of carbonyl (C=O) groups is 1. The Morgan fingerprint density at radius 1 is 0.923 bits per heavy atom. The summed E-state index contributed by atoms with van der Waals surface area (Å²) >= 11 is 0. The minimum atomic E-state index is -0.308. The maximum absolute atomic E-state index is 14.2. The van der Waals surface area contributed by atoms with E-state index in [0.29, 0.717) is 30.1 Å². The van der Waals surface area contributed by atoms with Crippen molar-refractivity contribution in [2.24, 2.45) is 5.41 Å². The van der Waals surface area contributed by atoms with Gasteiger partial charge in [-0.05, 0) is 64.9 Å². The van der Waals surface area contributed by atoms with Crippen LogP contribution in [-0.4, -0.2) is 12.4 Å². The molecular weight excluding hydrogens is 489 g/mol. The Hall–Kier alpha value is -4.12. The Morgan fingerprint density at radius 3 is 2.54 bits per heavy atom. The highest BCUT2D eigenvalue weighted by Gasteiger charge is 2.41. The van der Waals surface area contributed by atoms with Crippen molar-refractivity contribution in [2.45, 2.75) is 46.3 Å². The van der Waals surface area contributed by atoms with E-state index in [1.807, 2.05) is 31.2 Å². The highest BCUT2D eigenvalue weighted by atomic mass is 19.1. The molecule has 0 radical (unpaired) electrons. The van der Waals surface area contributed by atoms with E-state index in [4.69, 9.17) is 9.47 Å². The highest BCUT2D eigenvalue weighted by Crippen LogP contribution is 2.52. The third-order valence-electron chi connectivity index (χ3n) is 7.68. The maximum Gasteiger partial charge on any atom is 0.162 e. The van der Waals surface area contributed by atoms with Gasteiger partial charge in [-0.15, -0.1) is 0 Å². The van der Waals surface area contributed by atoms with Crippen LogP contribution in [0.3, 0.4) is 0 Å². The van der Waals surface area contributed by atoms with E-state index in [-0.39, 0.29) is 29.7 Å². The van der Waals surface area contributed by atoms with Gasteiger partial charge in [0.15, 0.2) is 17.3 Å². The number of nitrogens with one attached hydrogen (secondary N) is 1. The number of anilines is 1. The summed E-state index contributed by atoms with van der Waals surface area (Å²) in [6.07, 6.45) is 1.33. The van der Waals surface area contributed by atoms with E-state index >= 15 is 0 Å². The molecule has 0 amide bonds. The zero-order valence-corrected chi connectivity index (χ0v) is 22.5. The lowest BCUT2D eigenvalue weighted by atomic mass is 9.68. The molecule has 4 aromatic rings. The summed E-state index contributed by atoms with van der Waals surface area (Å²) in [6, 6.07) is 24.7. The molecule has 4 aromatic carbocycles. The van der Waals surface area contributed by atoms with Crippen LogP contribution in [0.5, 0.6) is 11.5 Å².